The van der Waals surface area contributed by atoms with Crippen LogP contribution in [0.3, 0.4) is 0 Å². The SMILES string of the molecule is COC(=O)CS(=O)(=O)N(CCO)C1CCCC1. The van der Waals surface area contributed by atoms with Gasteiger partial charge in [0.2, 0.25) is 10.0 Å². The number of sulfonamides is 1. The normalized spacial score (nSPS) is 17.6. The molecule has 0 atom stereocenters. The molecule has 0 heterocycles. The molecule has 1 saturated carbocycles. The van der Waals surface area contributed by atoms with Crippen LogP contribution in [0.4, 0.5) is 0 Å². The van der Waals surface area contributed by atoms with Crippen molar-refractivity contribution in [3.63, 3.8) is 0 Å². The van der Waals surface area contributed by atoms with Gasteiger partial charge in [-0.2, -0.15) is 4.31 Å². The molecule has 0 aromatic rings. The van der Waals surface area contributed by atoms with Crippen LogP contribution in [0.25, 0.3) is 0 Å². The number of hydrogen-bond donors (Lipinski definition) is 1. The summed E-state index contributed by atoms with van der Waals surface area (Å²) in [5.74, 6) is -1.43. The Kier molecular flexibility index (Phi) is 5.35. The molecule has 0 unspecified atom stereocenters. The second-order valence-electron chi connectivity index (χ2n) is 4.10. The van der Waals surface area contributed by atoms with Crippen molar-refractivity contribution in [2.75, 3.05) is 26.0 Å². The third-order valence-electron chi connectivity index (χ3n) is 2.94. The summed E-state index contributed by atoms with van der Waals surface area (Å²) in [4.78, 5) is 11.1. The molecule has 0 aromatic heterocycles. The Morgan fingerprint density at radius 2 is 2.00 bits per heavy atom. The van der Waals surface area contributed by atoms with Gasteiger partial charge in [-0.15, -0.1) is 0 Å². The number of carbonyl (C=O) groups excluding carboxylic acids is 1. The lowest BCUT2D eigenvalue weighted by molar-refractivity contribution is -0.137. The number of hydrogen-bond acceptors (Lipinski definition) is 5. The molecular weight excluding hydrogens is 246 g/mol. The van der Waals surface area contributed by atoms with Gasteiger partial charge in [0.1, 0.15) is 0 Å². The van der Waals surface area contributed by atoms with E-state index < -0.39 is 21.7 Å². The highest BCUT2D eigenvalue weighted by Crippen LogP contribution is 2.25. The highest BCUT2D eigenvalue weighted by Gasteiger charge is 2.33. The third kappa shape index (κ3) is 3.93. The van der Waals surface area contributed by atoms with E-state index in [9.17, 15) is 13.2 Å². The minimum Gasteiger partial charge on any atom is -0.468 e. The van der Waals surface area contributed by atoms with Crippen LogP contribution in [0.15, 0.2) is 0 Å². The van der Waals surface area contributed by atoms with Crippen molar-refractivity contribution in [3.05, 3.63) is 0 Å². The second-order valence-corrected chi connectivity index (χ2v) is 6.03. The summed E-state index contributed by atoms with van der Waals surface area (Å²) in [7, 11) is -2.52. The number of ether oxygens (including phenoxy) is 1. The Morgan fingerprint density at radius 1 is 1.41 bits per heavy atom. The monoisotopic (exact) mass is 265 g/mol. The van der Waals surface area contributed by atoms with E-state index in [2.05, 4.69) is 4.74 Å². The molecule has 1 fully saturated rings. The molecule has 1 N–H and O–H groups in total. The van der Waals surface area contributed by atoms with Crippen molar-refractivity contribution in [2.45, 2.75) is 31.7 Å². The Balaban J connectivity index is 2.77. The molecule has 1 rings (SSSR count). The van der Waals surface area contributed by atoms with Crippen LogP contribution in [0.1, 0.15) is 25.7 Å². The Morgan fingerprint density at radius 3 is 2.47 bits per heavy atom. The largest absolute Gasteiger partial charge is 0.468 e. The van der Waals surface area contributed by atoms with Crippen LogP contribution in [0.5, 0.6) is 0 Å². The highest BCUT2D eigenvalue weighted by molar-refractivity contribution is 7.89. The van der Waals surface area contributed by atoms with E-state index in [1.807, 2.05) is 0 Å². The lowest BCUT2D eigenvalue weighted by atomic mass is 10.2. The lowest BCUT2D eigenvalue weighted by Crippen LogP contribution is -2.43. The zero-order chi connectivity index (χ0) is 12.9. The maximum Gasteiger partial charge on any atom is 0.322 e. The van der Waals surface area contributed by atoms with Crippen LogP contribution in [0, 0.1) is 0 Å². The van der Waals surface area contributed by atoms with Crippen molar-refractivity contribution in [3.8, 4) is 0 Å². The zero-order valence-corrected chi connectivity index (χ0v) is 10.8. The summed E-state index contributed by atoms with van der Waals surface area (Å²) in [6.45, 7) is -0.194. The fourth-order valence-electron chi connectivity index (χ4n) is 2.13. The number of methoxy groups -OCH3 is 1. The molecule has 0 amide bonds. The average Bonchev–Trinajstić information content (AvgIpc) is 2.77. The summed E-state index contributed by atoms with van der Waals surface area (Å²) >= 11 is 0. The lowest BCUT2D eigenvalue weighted by Gasteiger charge is -2.26. The molecule has 17 heavy (non-hydrogen) atoms. The maximum absolute atomic E-state index is 12.0. The standard InChI is InChI=1S/C10H19NO5S/c1-16-10(13)8-17(14,15)11(6-7-12)9-4-2-3-5-9/h9,12H,2-8H2,1H3. The Bertz CT molecular complexity index is 348. The van der Waals surface area contributed by atoms with Crippen molar-refractivity contribution >= 4 is 16.0 Å². The Hall–Kier alpha value is -0.660. The topological polar surface area (TPSA) is 83.9 Å². The van der Waals surface area contributed by atoms with Gasteiger partial charge in [0.05, 0.1) is 13.7 Å². The summed E-state index contributed by atoms with van der Waals surface area (Å²) in [5.41, 5.74) is 0. The van der Waals surface area contributed by atoms with Crippen LogP contribution in [-0.4, -0.2) is 55.9 Å². The van der Waals surface area contributed by atoms with Crippen LogP contribution >= 0.6 is 0 Å². The van der Waals surface area contributed by atoms with Gasteiger partial charge in [0, 0.05) is 12.6 Å². The first kappa shape index (κ1) is 14.4. The fourth-order valence-corrected chi connectivity index (χ4v) is 3.74. The van der Waals surface area contributed by atoms with Crippen LogP contribution in [0.2, 0.25) is 0 Å². The molecule has 6 nitrogen and oxygen atoms in total. The molecule has 0 aromatic carbocycles. The van der Waals surface area contributed by atoms with E-state index in [0.29, 0.717) is 0 Å². The van der Waals surface area contributed by atoms with Crippen molar-refractivity contribution in [1.82, 2.24) is 4.31 Å². The van der Waals surface area contributed by atoms with E-state index >= 15 is 0 Å². The molecular formula is C10H19NO5S. The molecule has 0 saturated heterocycles. The smallest absolute Gasteiger partial charge is 0.322 e. The number of nitrogens with zero attached hydrogens (tertiary/aromatic N) is 1. The first-order chi connectivity index (χ1) is 8.01. The summed E-state index contributed by atoms with van der Waals surface area (Å²) in [6.07, 6.45) is 3.56. The molecule has 0 aliphatic heterocycles. The quantitative estimate of drug-likeness (QED) is 0.668. The predicted octanol–water partition coefficient (Wildman–Crippen LogP) is -0.274. The van der Waals surface area contributed by atoms with E-state index in [4.69, 9.17) is 5.11 Å². The minimum absolute atomic E-state index is 0.0456. The van der Waals surface area contributed by atoms with Crippen LogP contribution < -0.4 is 0 Å². The van der Waals surface area contributed by atoms with Crippen molar-refractivity contribution in [1.29, 1.82) is 0 Å². The predicted molar refractivity (Wildman–Crippen MR) is 61.9 cm³/mol. The van der Waals surface area contributed by atoms with Crippen molar-refractivity contribution < 1.29 is 23.1 Å². The first-order valence-corrected chi connectivity index (χ1v) is 7.29. The van der Waals surface area contributed by atoms with Gasteiger partial charge in [-0.05, 0) is 12.8 Å². The molecule has 7 heteroatoms. The maximum atomic E-state index is 12.0. The summed E-state index contributed by atoms with van der Waals surface area (Å²) in [6, 6.07) is -0.0863. The summed E-state index contributed by atoms with van der Waals surface area (Å²) in [5, 5.41) is 8.93. The third-order valence-corrected chi connectivity index (χ3v) is 4.73. The minimum atomic E-state index is -3.68. The van der Waals surface area contributed by atoms with Gasteiger partial charge in [0.25, 0.3) is 0 Å². The zero-order valence-electron chi connectivity index (χ0n) is 9.96. The van der Waals surface area contributed by atoms with Crippen LogP contribution in [-0.2, 0) is 19.6 Å². The van der Waals surface area contributed by atoms with Gasteiger partial charge in [0.15, 0.2) is 5.75 Å². The highest BCUT2D eigenvalue weighted by atomic mass is 32.2. The van der Waals surface area contributed by atoms with E-state index in [1.54, 1.807) is 0 Å². The number of esters is 1. The first-order valence-electron chi connectivity index (χ1n) is 5.68. The molecule has 0 spiro atoms. The molecule has 0 radical (unpaired) electrons. The van der Waals surface area contributed by atoms with Gasteiger partial charge < -0.3 is 9.84 Å². The average molecular weight is 265 g/mol. The van der Waals surface area contributed by atoms with Gasteiger partial charge in [-0.1, -0.05) is 12.8 Å². The Labute approximate surface area is 102 Å². The van der Waals surface area contributed by atoms with Crippen molar-refractivity contribution in [2.24, 2.45) is 0 Å². The second kappa shape index (κ2) is 6.32. The van der Waals surface area contributed by atoms with Gasteiger partial charge >= 0.3 is 5.97 Å². The number of aliphatic hydroxyl groups is 1. The number of carbonyl (C=O) groups is 1. The van der Waals surface area contributed by atoms with E-state index in [-0.39, 0.29) is 19.2 Å². The summed E-state index contributed by atoms with van der Waals surface area (Å²) < 4.78 is 29.6. The molecule has 100 valence electrons. The number of rotatable bonds is 6. The molecule has 1 aliphatic rings. The van der Waals surface area contributed by atoms with E-state index in [1.165, 1.54) is 4.31 Å². The van der Waals surface area contributed by atoms with E-state index in [0.717, 1.165) is 32.8 Å². The number of aliphatic hydroxyl groups excluding tert-OH is 1. The van der Waals surface area contributed by atoms with Gasteiger partial charge in [-0.25, -0.2) is 8.42 Å². The van der Waals surface area contributed by atoms with Gasteiger partial charge in [-0.3, -0.25) is 4.79 Å². The fraction of sp³-hybridized carbons (Fsp3) is 0.900. The molecule has 0 bridgehead atoms. The molecule has 1 aliphatic carbocycles.